The molecule has 1 unspecified atom stereocenters. The first-order valence-corrected chi connectivity index (χ1v) is 11.6. The van der Waals surface area contributed by atoms with Gasteiger partial charge in [0.1, 0.15) is 5.75 Å². The molecule has 0 bridgehead atoms. The molecule has 1 atom stereocenters. The molecule has 0 spiro atoms. The van der Waals surface area contributed by atoms with E-state index in [1.165, 1.54) is 11.8 Å². The number of carbonyl (C=O) groups excluding carboxylic acids is 1. The van der Waals surface area contributed by atoms with Crippen molar-refractivity contribution in [2.75, 3.05) is 12.4 Å². The number of aromatic nitrogens is 3. The predicted octanol–water partition coefficient (Wildman–Crippen LogP) is 4.89. The van der Waals surface area contributed by atoms with Crippen molar-refractivity contribution in [1.29, 1.82) is 0 Å². The molecule has 3 aromatic rings. The van der Waals surface area contributed by atoms with E-state index < -0.39 is 0 Å². The minimum atomic E-state index is -0.00968. The third kappa shape index (κ3) is 5.88. The summed E-state index contributed by atoms with van der Waals surface area (Å²) in [5.41, 5.74) is 3.05. The smallest absolute Gasteiger partial charge is 0.230 e. The Bertz CT molecular complexity index is 1010. The Balaban J connectivity index is 1.91. The first kappa shape index (κ1) is 22.9. The van der Waals surface area contributed by atoms with Crippen LogP contribution in [0.3, 0.4) is 0 Å². The highest BCUT2D eigenvalue weighted by Crippen LogP contribution is 2.29. The van der Waals surface area contributed by atoms with Crippen LogP contribution in [0, 0.1) is 12.8 Å². The zero-order valence-electron chi connectivity index (χ0n) is 18.8. The number of amides is 1. The molecule has 0 saturated carbocycles. The number of aryl methyl sites for hydroxylation is 1. The molecule has 31 heavy (non-hydrogen) atoms. The Morgan fingerprint density at radius 2 is 1.87 bits per heavy atom. The van der Waals surface area contributed by atoms with Crippen molar-refractivity contribution in [3.8, 4) is 22.8 Å². The Morgan fingerprint density at radius 3 is 2.52 bits per heavy atom. The van der Waals surface area contributed by atoms with Crippen LogP contribution in [-0.2, 0) is 4.79 Å². The summed E-state index contributed by atoms with van der Waals surface area (Å²) in [6.45, 7) is 10.8. The number of nitrogens with one attached hydrogen (secondary N) is 1. The molecule has 0 aliphatic carbocycles. The van der Waals surface area contributed by atoms with E-state index >= 15 is 0 Å². The summed E-state index contributed by atoms with van der Waals surface area (Å²) in [4.78, 5) is 12.4. The fraction of sp³-hybridized carbons (Fsp3) is 0.375. The van der Waals surface area contributed by atoms with Crippen molar-refractivity contribution in [3.05, 3.63) is 54.1 Å². The molecule has 0 fully saturated rings. The first-order valence-electron chi connectivity index (χ1n) is 10.6. The zero-order valence-corrected chi connectivity index (χ0v) is 19.6. The average Bonchev–Trinajstić information content (AvgIpc) is 3.17. The van der Waals surface area contributed by atoms with Crippen LogP contribution in [0.4, 0.5) is 0 Å². The second kappa shape index (κ2) is 10.5. The Morgan fingerprint density at radius 1 is 1.13 bits per heavy atom. The molecule has 164 valence electrons. The van der Waals surface area contributed by atoms with Gasteiger partial charge in [-0.15, -0.1) is 10.2 Å². The molecule has 1 amide bonds. The van der Waals surface area contributed by atoms with E-state index in [9.17, 15) is 4.79 Å². The largest absolute Gasteiger partial charge is 0.494 e. The van der Waals surface area contributed by atoms with Gasteiger partial charge in [-0.05, 0) is 57.0 Å². The van der Waals surface area contributed by atoms with Crippen LogP contribution >= 0.6 is 11.8 Å². The van der Waals surface area contributed by atoms with Crippen LogP contribution in [0.1, 0.15) is 33.3 Å². The number of rotatable bonds is 9. The van der Waals surface area contributed by atoms with Crippen molar-refractivity contribution in [1.82, 2.24) is 20.1 Å². The second-order valence-electron chi connectivity index (χ2n) is 7.83. The highest BCUT2D eigenvalue weighted by molar-refractivity contribution is 7.99. The van der Waals surface area contributed by atoms with E-state index in [1.807, 2.05) is 54.8 Å². The van der Waals surface area contributed by atoms with Crippen molar-refractivity contribution in [2.24, 2.45) is 5.92 Å². The van der Waals surface area contributed by atoms with Gasteiger partial charge in [-0.1, -0.05) is 49.4 Å². The molecule has 1 N–H and O–H groups in total. The predicted molar refractivity (Wildman–Crippen MR) is 126 cm³/mol. The fourth-order valence-corrected chi connectivity index (χ4v) is 3.78. The van der Waals surface area contributed by atoms with Gasteiger partial charge < -0.3 is 10.1 Å². The number of carbonyl (C=O) groups is 1. The Kier molecular flexibility index (Phi) is 7.74. The molecule has 3 rings (SSSR count). The van der Waals surface area contributed by atoms with Gasteiger partial charge in [-0.2, -0.15) is 0 Å². The van der Waals surface area contributed by atoms with Gasteiger partial charge in [-0.25, -0.2) is 0 Å². The summed E-state index contributed by atoms with van der Waals surface area (Å²) in [6.07, 6.45) is 0. The van der Waals surface area contributed by atoms with Crippen LogP contribution in [0.25, 0.3) is 17.1 Å². The molecule has 7 heteroatoms. The van der Waals surface area contributed by atoms with Crippen LogP contribution in [0.2, 0.25) is 0 Å². The third-order valence-electron chi connectivity index (χ3n) is 5.04. The first-order chi connectivity index (χ1) is 14.9. The van der Waals surface area contributed by atoms with Crippen molar-refractivity contribution >= 4 is 17.7 Å². The minimum Gasteiger partial charge on any atom is -0.494 e. The maximum Gasteiger partial charge on any atom is 0.230 e. The lowest BCUT2D eigenvalue weighted by molar-refractivity contribution is -0.119. The number of thioether (sulfide) groups is 1. The summed E-state index contributed by atoms with van der Waals surface area (Å²) in [5, 5.41) is 12.6. The van der Waals surface area contributed by atoms with E-state index in [0.29, 0.717) is 17.7 Å². The van der Waals surface area contributed by atoms with Crippen LogP contribution in [0.5, 0.6) is 5.75 Å². The molecule has 0 saturated heterocycles. The van der Waals surface area contributed by atoms with Gasteiger partial charge in [0.2, 0.25) is 5.91 Å². The van der Waals surface area contributed by atoms with Crippen molar-refractivity contribution in [2.45, 2.75) is 45.8 Å². The number of ether oxygens (including phenoxy) is 1. The van der Waals surface area contributed by atoms with Gasteiger partial charge in [0.25, 0.3) is 0 Å². The maximum absolute atomic E-state index is 12.4. The Hall–Kier alpha value is -2.80. The summed E-state index contributed by atoms with van der Waals surface area (Å²) < 4.78 is 7.57. The molecular formula is C24H30N4O2S. The molecule has 1 aromatic heterocycles. The highest BCUT2D eigenvalue weighted by Gasteiger charge is 2.18. The Labute approximate surface area is 188 Å². The lowest BCUT2D eigenvalue weighted by Crippen LogP contribution is -2.37. The van der Waals surface area contributed by atoms with Gasteiger partial charge in [0.05, 0.1) is 12.4 Å². The normalized spacial score (nSPS) is 12.1. The number of hydrogen-bond donors (Lipinski definition) is 1. The topological polar surface area (TPSA) is 69.0 Å². The van der Waals surface area contributed by atoms with E-state index in [-0.39, 0.29) is 17.7 Å². The summed E-state index contributed by atoms with van der Waals surface area (Å²) in [5.74, 6) is 2.21. The standard InChI is InChI=1S/C24H30N4O2S/c1-6-30-21-12-10-20(11-13-21)28-23(19-9-7-8-17(4)14-19)26-27-24(28)31-15-22(29)25-18(5)16(2)3/h7-14,16,18H,6,15H2,1-5H3,(H,25,29). The molecule has 0 radical (unpaired) electrons. The lowest BCUT2D eigenvalue weighted by Gasteiger charge is -2.17. The summed E-state index contributed by atoms with van der Waals surface area (Å²) >= 11 is 1.38. The lowest BCUT2D eigenvalue weighted by atomic mass is 10.1. The van der Waals surface area contributed by atoms with Crippen molar-refractivity contribution < 1.29 is 9.53 Å². The third-order valence-corrected chi connectivity index (χ3v) is 5.97. The molecular weight excluding hydrogens is 408 g/mol. The van der Waals surface area contributed by atoms with Gasteiger partial charge >= 0.3 is 0 Å². The number of nitrogens with zero attached hydrogens (tertiary/aromatic N) is 3. The van der Waals surface area contributed by atoms with Gasteiger partial charge in [-0.3, -0.25) is 9.36 Å². The monoisotopic (exact) mass is 438 g/mol. The van der Waals surface area contributed by atoms with Gasteiger partial charge in [0, 0.05) is 17.3 Å². The van der Waals surface area contributed by atoms with Gasteiger partial charge in [0.15, 0.2) is 11.0 Å². The molecule has 6 nitrogen and oxygen atoms in total. The molecule has 2 aromatic carbocycles. The van der Waals surface area contributed by atoms with E-state index in [2.05, 4.69) is 48.4 Å². The molecule has 0 aliphatic rings. The number of benzene rings is 2. The van der Waals surface area contributed by atoms with E-state index in [0.717, 1.165) is 28.4 Å². The van der Waals surface area contributed by atoms with Crippen LogP contribution in [-0.4, -0.2) is 39.1 Å². The van der Waals surface area contributed by atoms with Crippen LogP contribution < -0.4 is 10.1 Å². The summed E-state index contributed by atoms with van der Waals surface area (Å²) in [6, 6.07) is 16.1. The molecule has 1 heterocycles. The zero-order chi connectivity index (χ0) is 22.4. The molecule has 0 aliphatic heterocycles. The van der Waals surface area contributed by atoms with Crippen molar-refractivity contribution in [3.63, 3.8) is 0 Å². The number of hydrogen-bond acceptors (Lipinski definition) is 5. The minimum absolute atomic E-state index is 0.00968. The summed E-state index contributed by atoms with van der Waals surface area (Å²) in [7, 11) is 0. The van der Waals surface area contributed by atoms with E-state index in [4.69, 9.17) is 4.74 Å². The quantitative estimate of drug-likeness (QED) is 0.482. The van der Waals surface area contributed by atoms with Crippen LogP contribution in [0.15, 0.2) is 53.7 Å². The fourth-order valence-electron chi connectivity index (χ4n) is 3.02. The van der Waals surface area contributed by atoms with E-state index in [1.54, 1.807) is 0 Å². The SMILES string of the molecule is CCOc1ccc(-n2c(SCC(=O)NC(C)C(C)C)nnc2-c2cccc(C)c2)cc1. The second-order valence-corrected chi connectivity index (χ2v) is 8.77. The average molecular weight is 439 g/mol. The maximum atomic E-state index is 12.4. The highest BCUT2D eigenvalue weighted by atomic mass is 32.2.